The van der Waals surface area contributed by atoms with Crippen LogP contribution in [0.5, 0.6) is 5.75 Å². The van der Waals surface area contributed by atoms with Crippen LogP contribution in [0.2, 0.25) is 5.02 Å². The van der Waals surface area contributed by atoms with E-state index in [2.05, 4.69) is 5.32 Å². The van der Waals surface area contributed by atoms with Crippen LogP contribution in [0.1, 0.15) is 39.7 Å². The Labute approximate surface area is 241 Å². The van der Waals surface area contributed by atoms with Crippen LogP contribution in [-0.4, -0.2) is 50.4 Å². The smallest absolute Gasteiger partial charge is 0.264 e. The van der Waals surface area contributed by atoms with E-state index in [9.17, 15) is 18.0 Å². The highest BCUT2D eigenvalue weighted by Gasteiger charge is 2.34. The molecule has 0 unspecified atom stereocenters. The number of hydrogen-bond donors (Lipinski definition) is 1. The van der Waals surface area contributed by atoms with Crippen LogP contribution in [-0.2, 0) is 26.2 Å². The van der Waals surface area contributed by atoms with Crippen molar-refractivity contribution in [2.24, 2.45) is 0 Å². The van der Waals surface area contributed by atoms with Gasteiger partial charge in [-0.3, -0.25) is 13.9 Å². The fourth-order valence-corrected chi connectivity index (χ4v) is 5.70. The zero-order valence-corrected chi connectivity index (χ0v) is 25.0. The van der Waals surface area contributed by atoms with Crippen molar-refractivity contribution in [3.8, 4) is 5.75 Å². The standard InChI is InChI=1S/C30H36ClN3O5S/c1-6-27(29(36)32-30(2,3)4)33(20-22-12-14-23(31)15-13-22)28(35)21-34(24-10-8-7-9-11-24)40(37,38)26-18-16-25(39-5)17-19-26/h7-19,27H,6,20-21H2,1-5H3,(H,32,36)/t27-/m0/s1. The zero-order chi connectivity index (χ0) is 29.5. The van der Waals surface area contributed by atoms with Crippen LogP contribution >= 0.6 is 11.6 Å². The lowest BCUT2D eigenvalue weighted by Gasteiger charge is -2.34. The van der Waals surface area contributed by atoms with E-state index in [0.717, 1.165) is 9.87 Å². The molecule has 40 heavy (non-hydrogen) atoms. The Morgan fingerprint density at radius 1 is 0.950 bits per heavy atom. The van der Waals surface area contributed by atoms with Crippen molar-refractivity contribution in [2.75, 3.05) is 18.0 Å². The van der Waals surface area contributed by atoms with Crippen molar-refractivity contribution in [3.05, 3.63) is 89.4 Å². The van der Waals surface area contributed by atoms with Crippen LogP contribution in [0.4, 0.5) is 5.69 Å². The summed E-state index contributed by atoms with van der Waals surface area (Å²) in [6, 6.07) is 20.5. The largest absolute Gasteiger partial charge is 0.497 e. The van der Waals surface area contributed by atoms with Crippen LogP contribution < -0.4 is 14.4 Å². The molecule has 0 saturated heterocycles. The molecule has 214 valence electrons. The van der Waals surface area contributed by atoms with Crippen LogP contribution in [0, 0.1) is 0 Å². The normalized spacial score (nSPS) is 12.3. The molecule has 10 heteroatoms. The van der Waals surface area contributed by atoms with E-state index < -0.39 is 34.1 Å². The Balaban J connectivity index is 2.04. The van der Waals surface area contributed by atoms with E-state index in [0.29, 0.717) is 22.9 Å². The maximum absolute atomic E-state index is 14.0. The van der Waals surface area contributed by atoms with Gasteiger partial charge in [0, 0.05) is 17.1 Å². The Kier molecular flexibility index (Phi) is 10.2. The minimum Gasteiger partial charge on any atom is -0.497 e. The third kappa shape index (κ3) is 7.99. The number of anilines is 1. The molecular weight excluding hydrogens is 550 g/mol. The molecular formula is C30H36ClN3O5S. The number of carbonyl (C=O) groups is 2. The first kappa shape index (κ1) is 31.0. The first-order valence-electron chi connectivity index (χ1n) is 12.9. The van der Waals surface area contributed by atoms with Gasteiger partial charge in [-0.2, -0.15) is 0 Å². The molecule has 0 aromatic heterocycles. The lowest BCUT2D eigenvalue weighted by molar-refractivity contribution is -0.141. The molecule has 3 aromatic carbocycles. The van der Waals surface area contributed by atoms with E-state index in [1.807, 2.05) is 27.7 Å². The van der Waals surface area contributed by atoms with Gasteiger partial charge >= 0.3 is 0 Å². The number of methoxy groups -OCH3 is 1. The summed E-state index contributed by atoms with van der Waals surface area (Å²) in [6.07, 6.45) is 0.331. The number of halogens is 1. The van der Waals surface area contributed by atoms with Crippen molar-refractivity contribution < 1.29 is 22.7 Å². The molecule has 1 atom stereocenters. The van der Waals surface area contributed by atoms with Crippen molar-refractivity contribution in [2.45, 2.75) is 57.1 Å². The topological polar surface area (TPSA) is 96.0 Å². The monoisotopic (exact) mass is 585 g/mol. The molecule has 2 amide bonds. The van der Waals surface area contributed by atoms with Gasteiger partial charge in [0.2, 0.25) is 11.8 Å². The number of amides is 2. The molecule has 0 fully saturated rings. The summed E-state index contributed by atoms with van der Waals surface area (Å²) < 4.78 is 34.0. The minimum atomic E-state index is -4.16. The third-order valence-electron chi connectivity index (χ3n) is 6.12. The number of nitrogens with one attached hydrogen (secondary N) is 1. The van der Waals surface area contributed by atoms with Crippen LogP contribution in [0.3, 0.4) is 0 Å². The van der Waals surface area contributed by atoms with Gasteiger partial charge in [-0.1, -0.05) is 48.9 Å². The Morgan fingerprint density at radius 2 is 1.55 bits per heavy atom. The van der Waals surface area contributed by atoms with E-state index >= 15 is 0 Å². The molecule has 3 rings (SSSR count). The first-order chi connectivity index (χ1) is 18.9. The minimum absolute atomic E-state index is 0.00622. The molecule has 0 aliphatic carbocycles. The predicted molar refractivity (Wildman–Crippen MR) is 158 cm³/mol. The van der Waals surface area contributed by atoms with Crippen LogP contribution in [0.15, 0.2) is 83.8 Å². The number of hydrogen-bond acceptors (Lipinski definition) is 5. The molecule has 0 heterocycles. The fourth-order valence-electron chi connectivity index (χ4n) is 4.16. The quantitative estimate of drug-likeness (QED) is 0.331. The van der Waals surface area contributed by atoms with E-state index in [1.54, 1.807) is 66.7 Å². The number of ether oxygens (including phenoxy) is 1. The maximum atomic E-state index is 14.0. The summed E-state index contributed by atoms with van der Waals surface area (Å²) in [5.74, 6) is -0.334. The van der Waals surface area contributed by atoms with Crippen molar-refractivity contribution in [1.82, 2.24) is 10.2 Å². The lowest BCUT2D eigenvalue weighted by atomic mass is 10.1. The van der Waals surface area contributed by atoms with Gasteiger partial charge in [0.1, 0.15) is 18.3 Å². The van der Waals surface area contributed by atoms with Crippen LogP contribution in [0.25, 0.3) is 0 Å². The molecule has 0 radical (unpaired) electrons. The summed E-state index contributed by atoms with van der Waals surface area (Å²) in [7, 11) is -2.66. The van der Waals surface area contributed by atoms with E-state index in [4.69, 9.17) is 16.3 Å². The number of carbonyl (C=O) groups excluding carboxylic acids is 2. The summed E-state index contributed by atoms with van der Waals surface area (Å²) in [4.78, 5) is 28.8. The molecule has 8 nitrogen and oxygen atoms in total. The summed E-state index contributed by atoms with van der Waals surface area (Å²) in [5, 5.41) is 3.50. The second-order valence-electron chi connectivity index (χ2n) is 10.3. The van der Waals surface area contributed by atoms with Gasteiger partial charge in [-0.25, -0.2) is 8.42 Å². The Bertz CT molecular complexity index is 1390. The zero-order valence-electron chi connectivity index (χ0n) is 23.4. The number of nitrogens with zero attached hydrogens (tertiary/aromatic N) is 2. The number of sulfonamides is 1. The molecule has 0 spiro atoms. The Morgan fingerprint density at radius 3 is 2.08 bits per heavy atom. The highest BCUT2D eigenvalue weighted by molar-refractivity contribution is 7.92. The molecule has 0 aliphatic rings. The summed E-state index contributed by atoms with van der Waals surface area (Å²) in [6.45, 7) is 6.99. The van der Waals surface area contributed by atoms with Gasteiger partial charge < -0.3 is 15.0 Å². The van der Waals surface area contributed by atoms with Gasteiger partial charge in [0.05, 0.1) is 17.7 Å². The number of para-hydroxylation sites is 1. The number of rotatable bonds is 11. The molecule has 1 N–H and O–H groups in total. The fraction of sp³-hybridized carbons (Fsp3) is 0.333. The average molecular weight is 586 g/mol. The Hall–Kier alpha value is -3.56. The maximum Gasteiger partial charge on any atom is 0.264 e. The second kappa shape index (κ2) is 13.2. The summed E-state index contributed by atoms with van der Waals surface area (Å²) in [5.41, 5.74) is 0.558. The first-order valence-corrected chi connectivity index (χ1v) is 14.8. The highest BCUT2D eigenvalue weighted by Crippen LogP contribution is 2.26. The lowest BCUT2D eigenvalue weighted by Crippen LogP contribution is -2.55. The molecule has 3 aromatic rings. The van der Waals surface area contributed by atoms with Crippen molar-refractivity contribution in [3.63, 3.8) is 0 Å². The SMILES string of the molecule is CC[C@@H](C(=O)NC(C)(C)C)N(Cc1ccc(Cl)cc1)C(=O)CN(c1ccccc1)S(=O)(=O)c1ccc(OC)cc1. The molecule has 0 bridgehead atoms. The van der Waals surface area contributed by atoms with Gasteiger partial charge in [-0.05, 0) is 81.3 Å². The van der Waals surface area contributed by atoms with Crippen molar-refractivity contribution >= 4 is 39.1 Å². The number of benzene rings is 3. The average Bonchev–Trinajstić information content (AvgIpc) is 2.92. The van der Waals surface area contributed by atoms with E-state index in [1.165, 1.54) is 24.1 Å². The second-order valence-corrected chi connectivity index (χ2v) is 12.6. The molecule has 0 aliphatic heterocycles. The van der Waals surface area contributed by atoms with Crippen molar-refractivity contribution in [1.29, 1.82) is 0 Å². The van der Waals surface area contributed by atoms with E-state index in [-0.39, 0.29) is 17.3 Å². The van der Waals surface area contributed by atoms with Gasteiger partial charge in [-0.15, -0.1) is 0 Å². The van der Waals surface area contributed by atoms with Gasteiger partial charge in [0.25, 0.3) is 10.0 Å². The third-order valence-corrected chi connectivity index (χ3v) is 8.16. The molecule has 0 saturated carbocycles. The summed E-state index contributed by atoms with van der Waals surface area (Å²) >= 11 is 6.06. The highest BCUT2D eigenvalue weighted by atomic mass is 35.5. The predicted octanol–water partition coefficient (Wildman–Crippen LogP) is 5.27. The van der Waals surface area contributed by atoms with Gasteiger partial charge in [0.15, 0.2) is 0 Å².